The van der Waals surface area contributed by atoms with Crippen LogP contribution < -0.4 is 0 Å². The minimum Gasteiger partial charge on any atom is -0.450 e. The fourth-order valence-electron chi connectivity index (χ4n) is 2.38. The lowest BCUT2D eigenvalue weighted by atomic mass is 9.75. The van der Waals surface area contributed by atoms with Crippen molar-refractivity contribution in [3.63, 3.8) is 0 Å². The van der Waals surface area contributed by atoms with Crippen molar-refractivity contribution in [3.8, 4) is 0 Å². The Balaban J connectivity index is 2.58. The molecule has 1 N–H and O–H groups in total. The number of rotatable bonds is 2. The lowest BCUT2D eigenvalue weighted by Crippen LogP contribution is -2.35. The Hall–Kier alpha value is -0.730. The standard InChI is InChI=1S/C11H20O3/c1-7(2)9-5-4-8(3)6-10(9)14-11(12)13/h7-10H,4-6H2,1-3H3,(H,12,13)/t8-,9+,10-/m1/s1. The van der Waals surface area contributed by atoms with Gasteiger partial charge in [-0.05, 0) is 30.6 Å². The number of ether oxygens (including phenoxy) is 1. The van der Waals surface area contributed by atoms with Crippen LogP contribution in [-0.2, 0) is 4.74 Å². The lowest BCUT2D eigenvalue weighted by molar-refractivity contribution is -0.0174. The van der Waals surface area contributed by atoms with Crippen molar-refractivity contribution in [2.75, 3.05) is 0 Å². The van der Waals surface area contributed by atoms with Gasteiger partial charge in [-0.1, -0.05) is 27.2 Å². The fraction of sp³-hybridized carbons (Fsp3) is 0.909. The number of carbonyl (C=O) groups is 1. The van der Waals surface area contributed by atoms with E-state index < -0.39 is 6.16 Å². The molecular weight excluding hydrogens is 180 g/mol. The normalized spacial score (nSPS) is 33.0. The van der Waals surface area contributed by atoms with Crippen LogP contribution in [-0.4, -0.2) is 17.4 Å². The summed E-state index contributed by atoms with van der Waals surface area (Å²) in [6.45, 7) is 6.44. The smallest absolute Gasteiger partial charge is 0.450 e. The van der Waals surface area contributed by atoms with Crippen LogP contribution in [0.1, 0.15) is 40.0 Å². The molecule has 0 aromatic rings. The fourth-order valence-corrected chi connectivity index (χ4v) is 2.38. The molecule has 3 heteroatoms. The molecule has 0 heterocycles. The van der Waals surface area contributed by atoms with E-state index in [4.69, 9.17) is 9.84 Å². The maximum absolute atomic E-state index is 10.5. The highest BCUT2D eigenvalue weighted by atomic mass is 16.7. The summed E-state index contributed by atoms with van der Waals surface area (Å²) in [7, 11) is 0. The third kappa shape index (κ3) is 2.89. The number of hydrogen-bond donors (Lipinski definition) is 1. The zero-order chi connectivity index (χ0) is 10.7. The van der Waals surface area contributed by atoms with E-state index in [9.17, 15) is 4.79 Å². The summed E-state index contributed by atoms with van der Waals surface area (Å²) in [5.74, 6) is 1.50. The van der Waals surface area contributed by atoms with Gasteiger partial charge in [-0.25, -0.2) is 4.79 Å². The van der Waals surface area contributed by atoms with Crippen LogP contribution in [0.4, 0.5) is 4.79 Å². The van der Waals surface area contributed by atoms with Gasteiger partial charge in [0.1, 0.15) is 6.10 Å². The Morgan fingerprint density at radius 3 is 2.57 bits per heavy atom. The predicted molar refractivity (Wildman–Crippen MR) is 54.2 cm³/mol. The van der Waals surface area contributed by atoms with E-state index in [0.717, 1.165) is 12.8 Å². The molecule has 0 radical (unpaired) electrons. The summed E-state index contributed by atoms with van der Waals surface area (Å²) < 4.78 is 4.95. The highest BCUT2D eigenvalue weighted by Gasteiger charge is 2.33. The number of hydrogen-bond acceptors (Lipinski definition) is 2. The van der Waals surface area contributed by atoms with Gasteiger partial charge in [-0.15, -0.1) is 0 Å². The zero-order valence-corrected chi connectivity index (χ0v) is 9.19. The summed E-state index contributed by atoms with van der Waals surface area (Å²) >= 11 is 0. The largest absolute Gasteiger partial charge is 0.506 e. The molecule has 0 spiro atoms. The van der Waals surface area contributed by atoms with Gasteiger partial charge in [0.05, 0.1) is 0 Å². The first kappa shape index (κ1) is 11.3. The van der Waals surface area contributed by atoms with E-state index in [1.54, 1.807) is 0 Å². The highest BCUT2D eigenvalue weighted by molar-refractivity contribution is 5.57. The molecule has 82 valence electrons. The molecule has 1 aliphatic rings. The van der Waals surface area contributed by atoms with Crippen LogP contribution in [0.5, 0.6) is 0 Å². The topological polar surface area (TPSA) is 46.5 Å². The van der Waals surface area contributed by atoms with Crippen molar-refractivity contribution in [3.05, 3.63) is 0 Å². The van der Waals surface area contributed by atoms with Crippen molar-refractivity contribution in [1.29, 1.82) is 0 Å². The Morgan fingerprint density at radius 2 is 2.07 bits per heavy atom. The molecule has 0 amide bonds. The molecule has 14 heavy (non-hydrogen) atoms. The maximum atomic E-state index is 10.5. The van der Waals surface area contributed by atoms with E-state index in [1.807, 2.05) is 0 Å². The van der Waals surface area contributed by atoms with E-state index in [0.29, 0.717) is 17.8 Å². The van der Waals surface area contributed by atoms with Crippen molar-refractivity contribution >= 4 is 6.16 Å². The van der Waals surface area contributed by atoms with Crippen LogP contribution >= 0.6 is 0 Å². The Morgan fingerprint density at radius 1 is 1.43 bits per heavy atom. The molecule has 1 saturated carbocycles. The zero-order valence-electron chi connectivity index (χ0n) is 9.19. The average molecular weight is 200 g/mol. The first-order valence-electron chi connectivity index (χ1n) is 5.40. The summed E-state index contributed by atoms with van der Waals surface area (Å²) in [4.78, 5) is 10.5. The Bertz CT molecular complexity index is 201. The number of carboxylic acid groups (broad SMARTS) is 1. The van der Waals surface area contributed by atoms with Crippen LogP contribution in [0, 0.1) is 17.8 Å². The molecule has 1 fully saturated rings. The second-order valence-electron chi connectivity index (χ2n) is 4.75. The van der Waals surface area contributed by atoms with E-state index >= 15 is 0 Å². The molecule has 0 aliphatic heterocycles. The van der Waals surface area contributed by atoms with E-state index in [1.165, 1.54) is 6.42 Å². The first-order valence-corrected chi connectivity index (χ1v) is 5.40. The van der Waals surface area contributed by atoms with Gasteiger partial charge in [0, 0.05) is 0 Å². The minimum absolute atomic E-state index is 0.0868. The van der Waals surface area contributed by atoms with Crippen LogP contribution in [0.15, 0.2) is 0 Å². The second kappa shape index (κ2) is 4.67. The van der Waals surface area contributed by atoms with Gasteiger partial charge < -0.3 is 9.84 Å². The van der Waals surface area contributed by atoms with Gasteiger partial charge >= 0.3 is 6.16 Å². The summed E-state index contributed by atoms with van der Waals surface area (Å²) in [5.41, 5.74) is 0. The molecule has 0 aromatic carbocycles. The quantitative estimate of drug-likeness (QED) is 0.696. The summed E-state index contributed by atoms with van der Waals surface area (Å²) in [6, 6.07) is 0. The van der Waals surface area contributed by atoms with Crippen molar-refractivity contribution < 1.29 is 14.6 Å². The first-order chi connectivity index (χ1) is 6.50. The van der Waals surface area contributed by atoms with E-state index in [-0.39, 0.29) is 6.10 Å². The monoisotopic (exact) mass is 200 g/mol. The Labute approximate surface area is 85.5 Å². The molecule has 3 atom stereocenters. The van der Waals surface area contributed by atoms with Crippen LogP contribution in [0.3, 0.4) is 0 Å². The molecule has 3 nitrogen and oxygen atoms in total. The third-order valence-corrected chi connectivity index (χ3v) is 3.21. The van der Waals surface area contributed by atoms with Gasteiger partial charge in [-0.3, -0.25) is 0 Å². The maximum Gasteiger partial charge on any atom is 0.506 e. The molecule has 1 aliphatic carbocycles. The second-order valence-corrected chi connectivity index (χ2v) is 4.75. The van der Waals surface area contributed by atoms with Gasteiger partial charge in [0.25, 0.3) is 0 Å². The Kier molecular flexibility index (Phi) is 3.78. The van der Waals surface area contributed by atoms with Crippen molar-refractivity contribution in [1.82, 2.24) is 0 Å². The van der Waals surface area contributed by atoms with Crippen molar-refractivity contribution in [2.24, 2.45) is 17.8 Å². The molecular formula is C11H20O3. The summed E-state index contributed by atoms with van der Waals surface area (Å²) in [6.07, 6.45) is 1.96. The average Bonchev–Trinajstić information content (AvgIpc) is 2.01. The SMILES string of the molecule is CC(C)[C@@H]1CC[C@@H](C)C[C@H]1OC(=O)O. The molecule has 0 aromatic heterocycles. The van der Waals surface area contributed by atoms with Crippen LogP contribution in [0.25, 0.3) is 0 Å². The van der Waals surface area contributed by atoms with Crippen molar-refractivity contribution in [2.45, 2.75) is 46.1 Å². The third-order valence-electron chi connectivity index (χ3n) is 3.21. The highest BCUT2D eigenvalue weighted by Crippen LogP contribution is 2.35. The lowest BCUT2D eigenvalue weighted by Gasteiger charge is -2.35. The van der Waals surface area contributed by atoms with Gasteiger partial charge in [0.2, 0.25) is 0 Å². The summed E-state index contributed by atoms with van der Waals surface area (Å²) in [5, 5.41) is 8.63. The molecule has 0 unspecified atom stereocenters. The van der Waals surface area contributed by atoms with Gasteiger partial charge in [0.15, 0.2) is 0 Å². The van der Waals surface area contributed by atoms with Crippen LogP contribution in [0.2, 0.25) is 0 Å². The minimum atomic E-state index is -1.13. The van der Waals surface area contributed by atoms with Gasteiger partial charge in [-0.2, -0.15) is 0 Å². The molecule has 0 bridgehead atoms. The molecule has 1 rings (SSSR count). The predicted octanol–water partition coefficient (Wildman–Crippen LogP) is 3.14. The van der Waals surface area contributed by atoms with E-state index in [2.05, 4.69) is 20.8 Å². The molecule has 0 saturated heterocycles.